The van der Waals surface area contributed by atoms with Crippen LogP contribution >= 0.6 is 0 Å². The van der Waals surface area contributed by atoms with Crippen molar-refractivity contribution < 1.29 is 0 Å². The predicted octanol–water partition coefficient (Wildman–Crippen LogP) is 3.09. The molecule has 0 N–H and O–H groups in total. The summed E-state index contributed by atoms with van der Waals surface area (Å²) in [7, 11) is 0. The van der Waals surface area contributed by atoms with Gasteiger partial charge in [0.1, 0.15) is 11.8 Å². The van der Waals surface area contributed by atoms with Gasteiger partial charge in [-0.3, -0.25) is 0 Å². The molecule has 0 saturated carbocycles. The Hall–Kier alpha value is -1.75. The van der Waals surface area contributed by atoms with Crippen molar-refractivity contribution in [2.45, 2.75) is 19.9 Å². The van der Waals surface area contributed by atoms with E-state index in [1.807, 2.05) is 35.0 Å². The number of rotatable bonds is 1. The van der Waals surface area contributed by atoms with E-state index in [0.717, 1.165) is 16.5 Å². The van der Waals surface area contributed by atoms with E-state index in [0.29, 0.717) is 6.04 Å². The zero-order valence-electron chi connectivity index (χ0n) is 8.36. The number of hydrogen-bond acceptors (Lipinski definition) is 1. The van der Waals surface area contributed by atoms with Crippen molar-refractivity contribution in [2.24, 2.45) is 0 Å². The summed E-state index contributed by atoms with van der Waals surface area (Å²) in [4.78, 5) is 0. The van der Waals surface area contributed by atoms with Gasteiger partial charge in [0.25, 0.3) is 0 Å². The fraction of sp³-hybridized carbons (Fsp3) is 0.250. The molecule has 0 radical (unpaired) electrons. The Morgan fingerprint density at radius 2 is 2.00 bits per heavy atom. The summed E-state index contributed by atoms with van der Waals surface area (Å²) in [5.74, 6) is 0. The largest absolute Gasteiger partial charge is 0.336 e. The van der Waals surface area contributed by atoms with Crippen LogP contribution in [0.2, 0.25) is 0 Å². The van der Waals surface area contributed by atoms with Crippen LogP contribution in [0.1, 0.15) is 25.6 Å². The lowest BCUT2D eigenvalue weighted by Gasteiger charge is -2.07. The van der Waals surface area contributed by atoms with Gasteiger partial charge < -0.3 is 4.57 Å². The van der Waals surface area contributed by atoms with Crippen molar-refractivity contribution in [3.8, 4) is 6.07 Å². The smallest absolute Gasteiger partial charge is 0.128 e. The number of aromatic nitrogens is 1. The van der Waals surface area contributed by atoms with Crippen molar-refractivity contribution in [1.29, 1.82) is 5.26 Å². The lowest BCUT2D eigenvalue weighted by atomic mass is 10.2. The highest BCUT2D eigenvalue weighted by Gasteiger charge is 2.09. The molecule has 0 saturated heterocycles. The zero-order chi connectivity index (χ0) is 10.1. The van der Waals surface area contributed by atoms with E-state index < -0.39 is 0 Å². The summed E-state index contributed by atoms with van der Waals surface area (Å²) in [6.07, 6.45) is 2.04. The molecule has 2 aromatic rings. The first-order valence-corrected chi connectivity index (χ1v) is 4.73. The molecular weight excluding hydrogens is 172 g/mol. The molecule has 0 unspecified atom stereocenters. The molecule has 0 fully saturated rings. The lowest BCUT2D eigenvalue weighted by Crippen LogP contribution is -2.00. The van der Waals surface area contributed by atoms with E-state index in [1.165, 1.54) is 0 Å². The lowest BCUT2D eigenvalue weighted by molar-refractivity contribution is 0.600. The van der Waals surface area contributed by atoms with Crippen LogP contribution in [0.5, 0.6) is 0 Å². The van der Waals surface area contributed by atoms with Crippen LogP contribution in [0.25, 0.3) is 10.8 Å². The molecule has 0 aliphatic rings. The van der Waals surface area contributed by atoms with E-state index in [1.54, 1.807) is 0 Å². The van der Waals surface area contributed by atoms with Gasteiger partial charge in [-0.15, -0.1) is 0 Å². The van der Waals surface area contributed by atoms with Gasteiger partial charge in [-0.05, 0) is 13.8 Å². The van der Waals surface area contributed by atoms with E-state index in [9.17, 15) is 0 Å². The molecule has 0 aliphatic carbocycles. The maximum absolute atomic E-state index is 9.08. The van der Waals surface area contributed by atoms with E-state index >= 15 is 0 Å². The maximum atomic E-state index is 9.08. The second kappa shape index (κ2) is 3.19. The Kier molecular flexibility index (Phi) is 2.01. The summed E-state index contributed by atoms with van der Waals surface area (Å²) >= 11 is 0. The van der Waals surface area contributed by atoms with Gasteiger partial charge >= 0.3 is 0 Å². The Balaban J connectivity index is 2.81. The molecular formula is C12H12N2. The zero-order valence-corrected chi connectivity index (χ0v) is 8.36. The van der Waals surface area contributed by atoms with Gasteiger partial charge in [0.2, 0.25) is 0 Å². The minimum atomic E-state index is 0.331. The normalized spacial score (nSPS) is 10.7. The quantitative estimate of drug-likeness (QED) is 0.669. The first kappa shape index (κ1) is 8.83. The van der Waals surface area contributed by atoms with Crippen molar-refractivity contribution in [3.63, 3.8) is 0 Å². The number of fused-ring (bicyclic) bond motifs is 1. The average molecular weight is 184 g/mol. The first-order valence-electron chi connectivity index (χ1n) is 4.73. The summed E-state index contributed by atoms with van der Waals surface area (Å²) in [5.41, 5.74) is 0.760. The van der Waals surface area contributed by atoms with Gasteiger partial charge in [-0.25, -0.2) is 0 Å². The highest BCUT2D eigenvalue weighted by Crippen LogP contribution is 2.23. The molecule has 2 nitrogen and oxygen atoms in total. The molecule has 1 aromatic carbocycles. The number of hydrogen-bond donors (Lipinski definition) is 0. The molecule has 0 aliphatic heterocycles. The number of benzene rings is 1. The van der Waals surface area contributed by atoms with Crippen LogP contribution < -0.4 is 0 Å². The van der Waals surface area contributed by atoms with Crippen molar-refractivity contribution in [1.82, 2.24) is 4.57 Å². The summed E-state index contributed by atoms with van der Waals surface area (Å²) in [6.45, 7) is 4.17. The third-order valence-electron chi connectivity index (χ3n) is 2.41. The van der Waals surface area contributed by atoms with Crippen LogP contribution in [0.3, 0.4) is 0 Å². The average Bonchev–Trinajstić information content (AvgIpc) is 2.56. The monoisotopic (exact) mass is 184 g/mol. The van der Waals surface area contributed by atoms with Crippen LogP contribution in [0, 0.1) is 11.3 Å². The third-order valence-corrected chi connectivity index (χ3v) is 2.41. The van der Waals surface area contributed by atoms with Gasteiger partial charge in [0.05, 0.1) is 0 Å². The summed E-state index contributed by atoms with van der Waals surface area (Å²) in [6, 6.07) is 10.6. The molecule has 70 valence electrons. The first-order chi connectivity index (χ1) is 6.74. The molecule has 2 heteroatoms. The number of nitrogens with zero attached hydrogens (tertiary/aromatic N) is 2. The van der Waals surface area contributed by atoms with E-state index in [4.69, 9.17) is 5.26 Å². The molecule has 1 aromatic heterocycles. The standard InChI is InChI=1S/C12H12N2/c1-9(2)14-8-10-5-3-4-6-11(10)12(14)7-13/h3-6,8-9H,1-2H3. The minimum Gasteiger partial charge on any atom is -0.336 e. The molecule has 2 rings (SSSR count). The van der Waals surface area contributed by atoms with Crippen molar-refractivity contribution >= 4 is 10.8 Å². The molecule has 0 spiro atoms. The van der Waals surface area contributed by atoms with Crippen LogP contribution in [0.4, 0.5) is 0 Å². The molecule has 0 atom stereocenters. The maximum Gasteiger partial charge on any atom is 0.128 e. The van der Waals surface area contributed by atoms with Crippen molar-refractivity contribution in [2.75, 3.05) is 0 Å². The minimum absolute atomic E-state index is 0.331. The van der Waals surface area contributed by atoms with Crippen LogP contribution in [-0.4, -0.2) is 4.57 Å². The Bertz CT molecular complexity index is 501. The highest BCUT2D eigenvalue weighted by atomic mass is 15.0. The second-order valence-electron chi connectivity index (χ2n) is 3.68. The van der Waals surface area contributed by atoms with Gasteiger partial charge in [-0.2, -0.15) is 5.26 Å². The molecule has 0 amide bonds. The topological polar surface area (TPSA) is 28.7 Å². The van der Waals surface area contributed by atoms with Gasteiger partial charge in [-0.1, -0.05) is 24.3 Å². The number of nitriles is 1. The van der Waals surface area contributed by atoms with Gasteiger partial charge in [0, 0.05) is 23.0 Å². The summed E-state index contributed by atoms with van der Waals surface area (Å²) < 4.78 is 2.02. The van der Waals surface area contributed by atoms with Crippen LogP contribution in [0.15, 0.2) is 30.5 Å². The molecule has 14 heavy (non-hydrogen) atoms. The van der Waals surface area contributed by atoms with Crippen LogP contribution in [-0.2, 0) is 0 Å². The van der Waals surface area contributed by atoms with E-state index in [2.05, 4.69) is 19.9 Å². The third kappa shape index (κ3) is 1.18. The van der Waals surface area contributed by atoms with E-state index in [-0.39, 0.29) is 0 Å². The van der Waals surface area contributed by atoms with Crippen molar-refractivity contribution in [3.05, 3.63) is 36.2 Å². The Labute approximate surface area is 83.4 Å². The predicted molar refractivity (Wildman–Crippen MR) is 57.0 cm³/mol. The Morgan fingerprint density at radius 1 is 1.29 bits per heavy atom. The highest BCUT2D eigenvalue weighted by molar-refractivity contribution is 5.87. The Morgan fingerprint density at radius 3 is 2.64 bits per heavy atom. The molecule has 0 bridgehead atoms. The second-order valence-corrected chi connectivity index (χ2v) is 3.68. The summed E-state index contributed by atoms with van der Waals surface area (Å²) in [5, 5.41) is 11.3. The SMILES string of the molecule is CC(C)n1cc2ccccc2c1C#N. The fourth-order valence-electron chi connectivity index (χ4n) is 1.70. The fourth-order valence-corrected chi connectivity index (χ4v) is 1.70. The molecule has 1 heterocycles. The van der Waals surface area contributed by atoms with Gasteiger partial charge in [0.15, 0.2) is 0 Å².